The minimum absolute atomic E-state index is 0. The SMILES string of the molecule is CN(C)C(CN=C(N)Nc1ccc2c(c1)OCCCO2)c1cccc(F)c1.I. The maximum atomic E-state index is 13.5. The number of nitrogens with two attached hydrogens (primary N) is 1. The number of ether oxygens (including phenoxy) is 2. The molecule has 3 N–H and O–H groups in total. The number of halogens is 2. The van der Waals surface area contributed by atoms with Gasteiger partial charge >= 0.3 is 0 Å². The summed E-state index contributed by atoms with van der Waals surface area (Å²) < 4.78 is 24.8. The van der Waals surface area contributed by atoms with E-state index >= 15 is 0 Å². The van der Waals surface area contributed by atoms with Crippen LogP contribution in [0.5, 0.6) is 11.5 Å². The molecule has 0 bridgehead atoms. The summed E-state index contributed by atoms with van der Waals surface area (Å²) in [5, 5.41) is 3.07. The molecule has 1 aliphatic rings. The van der Waals surface area contributed by atoms with Gasteiger partial charge < -0.3 is 25.4 Å². The van der Waals surface area contributed by atoms with Crippen molar-refractivity contribution in [1.82, 2.24) is 4.90 Å². The fourth-order valence-electron chi connectivity index (χ4n) is 2.89. The minimum Gasteiger partial charge on any atom is -0.490 e. The Morgan fingerprint density at radius 2 is 1.93 bits per heavy atom. The predicted molar refractivity (Wildman–Crippen MR) is 120 cm³/mol. The summed E-state index contributed by atoms with van der Waals surface area (Å²) in [4.78, 5) is 6.41. The van der Waals surface area contributed by atoms with Crippen LogP contribution in [0, 0.1) is 5.82 Å². The molecule has 0 amide bonds. The van der Waals surface area contributed by atoms with E-state index in [1.54, 1.807) is 6.07 Å². The van der Waals surface area contributed by atoms with Crippen LogP contribution in [0.3, 0.4) is 0 Å². The van der Waals surface area contributed by atoms with Crippen LogP contribution in [-0.2, 0) is 0 Å². The summed E-state index contributed by atoms with van der Waals surface area (Å²) in [5.74, 6) is 1.44. The molecule has 1 unspecified atom stereocenters. The Labute approximate surface area is 181 Å². The topological polar surface area (TPSA) is 72.1 Å². The van der Waals surface area contributed by atoms with E-state index < -0.39 is 0 Å². The van der Waals surface area contributed by atoms with E-state index in [2.05, 4.69) is 10.3 Å². The number of likely N-dealkylation sites (N-methyl/N-ethyl adjacent to an activating group) is 1. The van der Waals surface area contributed by atoms with E-state index in [0.29, 0.717) is 25.5 Å². The van der Waals surface area contributed by atoms with Gasteiger partial charge in [0.2, 0.25) is 0 Å². The highest BCUT2D eigenvalue weighted by molar-refractivity contribution is 14.0. The first-order valence-electron chi connectivity index (χ1n) is 8.91. The van der Waals surface area contributed by atoms with Crippen LogP contribution < -0.4 is 20.5 Å². The fraction of sp³-hybridized carbons (Fsp3) is 0.350. The Kier molecular flexibility index (Phi) is 8.31. The normalized spacial score (nSPS) is 14.8. The fourth-order valence-corrected chi connectivity index (χ4v) is 2.89. The van der Waals surface area contributed by atoms with Crippen LogP contribution >= 0.6 is 24.0 Å². The van der Waals surface area contributed by atoms with Gasteiger partial charge in [0, 0.05) is 18.2 Å². The average molecular weight is 500 g/mol. The number of nitrogens with zero attached hydrogens (tertiary/aromatic N) is 2. The van der Waals surface area contributed by atoms with Crippen LogP contribution in [0.15, 0.2) is 47.5 Å². The Hall–Kier alpha value is -2.07. The number of nitrogens with one attached hydrogen (secondary N) is 1. The third kappa shape index (κ3) is 5.96. The van der Waals surface area contributed by atoms with E-state index in [9.17, 15) is 4.39 Å². The van der Waals surface area contributed by atoms with Gasteiger partial charge in [0.15, 0.2) is 17.5 Å². The van der Waals surface area contributed by atoms with E-state index in [0.717, 1.165) is 23.4 Å². The highest BCUT2D eigenvalue weighted by Crippen LogP contribution is 2.32. The number of fused-ring (bicyclic) bond motifs is 1. The van der Waals surface area contributed by atoms with E-state index in [1.165, 1.54) is 12.1 Å². The van der Waals surface area contributed by atoms with Crippen LogP contribution in [0.25, 0.3) is 0 Å². The lowest BCUT2D eigenvalue weighted by Gasteiger charge is -2.23. The van der Waals surface area contributed by atoms with Gasteiger partial charge in [-0.1, -0.05) is 12.1 Å². The second-order valence-corrected chi connectivity index (χ2v) is 6.60. The van der Waals surface area contributed by atoms with E-state index in [4.69, 9.17) is 15.2 Å². The molecule has 0 aromatic heterocycles. The summed E-state index contributed by atoms with van der Waals surface area (Å²) in [5.41, 5.74) is 7.67. The number of anilines is 1. The van der Waals surface area contributed by atoms with Crippen LogP contribution in [0.2, 0.25) is 0 Å². The maximum Gasteiger partial charge on any atom is 0.193 e. The smallest absolute Gasteiger partial charge is 0.193 e. The van der Waals surface area contributed by atoms with Crippen molar-refractivity contribution >= 4 is 35.6 Å². The molecule has 0 fully saturated rings. The zero-order valence-corrected chi connectivity index (χ0v) is 18.4. The molecular formula is C20H26FIN4O2. The second kappa shape index (κ2) is 10.5. The molecule has 0 radical (unpaired) electrons. The monoisotopic (exact) mass is 500 g/mol. The number of rotatable bonds is 5. The van der Waals surface area contributed by atoms with E-state index in [-0.39, 0.29) is 41.8 Å². The Bertz CT molecular complexity index is 817. The third-order valence-corrected chi connectivity index (χ3v) is 4.31. The van der Waals surface area contributed by atoms with Gasteiger partial charge in [0.05, 0.1) is 25.8 Å². The van der Waals surface area contributed by atoms with Crippen molar-refractivity contribution in [1.29, 1.82) is 0 Å². The molecule has 0 aliphatic carbocycles. The third-order valence-electron chi connectivity index (χ3n) is 4.31. The maximum absolute atomic E-state index is 13.5. The lowest BCUT2D eigenvalue weighted by Crippen LogP contribution is -2.27. The summed E-state index contributed by atoms with van der Waals surface area (Å²) >= 11 is 0. The molecule has 3 rings (SSSR count). The van der Waals surface area contributed by atoms with Gasteiger partial charge in [-0.15, -0.1) is 24.0 Å². The first kappa shape index (κ1) is 22.2. The molecule has 1 aliphatic heterocycles. The van der Waals surface area contributed by atoms with E-state index in [1.807, 2.05) is 43.3 Å². The van der Waals surface area contributed by atoms with Crippen molar-refractivity contribution in [2.75, 3.05) is 39.2 Å². The molecule has 152 valence electrons. The molecule has 0 saturated heterocycles. The lowest BCUT2D eigenvalue weighted by atomic mass is 10.1. The molecular weight excluding hydrogens is 474 g/mol. The molecule has 2 aromatic carbocycles. The first-order valence-corrected chi connectivity index (χ1v) is 8.91. The number of hydrogen-bond acceptors (Lipinski definition) is 4. The molecule has 8 heteroatoms. The van der Waals surface area contributed by atoms with Gasteiger partial charge in [0.25, 0.3) is 0 Å². The molecule has 0 saturated carbocycles. The van der Waals surface area contributed by atoms with Gasteiger partial charge in [-0.3, -0.25) is 4.99 Å². The number of guanidine groups is 1. The molecule has 6 nitrogen and oxygen atoms in total. The first-order chi connectivity index (χ1) is 13.0. The minimum atomic E-state index is -0.262. The Morgan fingerprint density at radius 1 is 1.18 bits per heavy atom. The van der Waals surface area contributed by atoms with Crippen molar-refractivity contribution in [2.24, 2.45) is 10.7 Å². The van der Waals surface area contributed by atoms with Gasteiger partial charge in [0.1, 0.15) is 5.82 Å². The van der Waals surface area contributed by atoms with Crippen molar-refractivity contribution in [2.45, 2.75) is 12.5 Å². The quantitative estimate of drug-likeness (QED) is 0.373. The van der Waals surface area contributed by atoms with Crippen molar-refractivity contribution < 1.29 is 13.9 Å². The molecule has 28 heavy (non-hydrogen) atoms. The zero-order valence-electron chi connectivity index (χ0n) is 16.0. The number of aliphatic imine (C=N–C) groups is 1. The highest BCUT2D eigenvalue weighted by atomic mass is 127. The number of benzene rings is 2. The largest absolute Gasteiger partial charge is 0.490 e. The van der Waals surface area contributed by atoms with Crippen LogP contribution in [0.1, 0.15) is 18.0 Å². The lowest BCUT2D eigenvalue weighted by molar-refractivity contribution is 0.297. The molecule has 2 aromatic rings. The van der Waals surface area contributed by atoms with Gasteiger partial charge in [-0.05, 0) is 43.9 Å². The summed E-state index contributed by atoms with van der Waals surface area (Å²) in [6.07, 6.45) is 0.854. The van der Waals surface area contributed by atoms with Gasteiger partial charge in [-0.2, -0.15) is 0 Å². The second-order valence-electron chi connectivity index (χ2n) is 6.60. The standard InChI is InChI=1S/C20H25FN4O2.HI/c1-25(2)17(14-5-3-6-15(21)11-14)13-23-20(22)24-16-7-8-18-19(12-16)27-10-4-9-26-18;/h3,5-8,11-12,17H,4,9-10,13H2,1-2H3,(H3,22,23,24);1H. The molecule has 0 spiro atoms. The Morgan fingerprint density at radius 3 is 2.64 bits per heavy atom. The highest BCUT2D eigenvalue weighted by Gasteiger charge is 2.15. The number of hydrogen-bond donors (Lipinski definition) is 2. The van der Waals surface area contributed by atoms with Crippen molar-refractivity contribution in [3.8, 4) is 11.5 Å². The molecule has 1 atom stereocenters. The predicted octanol–water partition coefficient (Wildman–Crippen LogP) is 3.63. The van der Waals surface area contributed by atoms with Gasteiger partial charge in [-0.25, -0.2) is 4.39 Å². The van der Waals surface area contributed by atoms with Crippen molar-refractivity contribution in [3.63, 3.8) is 0 Å². The van der Waals surface area contributed by atoms with Crippen LogP contribution in [-0.4, -0.2) is 44.7 Å². The van der Waals surface area contributed by atoms with Crippen molar-refractivity contribution in [3.05, 3.63) is 53.8 Å². The summed E-state index contributed by atoms with van der Waals surface area (Å²) in [7, 11) is 3.86. The summed E-state index contributed by atoms with van der Waals surface area (Å²) in [6.45, 7) is 1.67. The Balaban J connectivity index is 0.00000280. The summed E-state index contributed by atoms with van der Waals surface area (Å²) in [6, 6.07) is 12.0. The average Bonchev–Trinajstić information content (AvgIpc) is 2.86. The molecule has 1 heterocycles. The van der Waals surface area contributed by atoms with Crippen LogP contribution in [0.4, 0.5) is 10.1 Å². The zero-order chi connectivity index (χ0) is 19.2.